The minimum Gasteiger partial charge on any atom is -0.380 e. The summed E-state index contributed by atoms with van der Waals surface area (Å²) in [4.78, 5) is 11.2. The number of aromatic amines is 1. The Labute approximate surface area is 96.8 Å². The first-order chi connectivity index (χ1) is 7.27. The van der Waals surface area contributed by atoms with Crippen molar-refractivity contribution in [3.63, 3.8) is 0 Å². The van der Waals surface area contributed by atoms with Gasteiger partial charge in [-0.3, -0.25) is 4.79 Å². The molecule has 6 heteroatoms. The third kappa shape index (κ3) is 2.66. The van der Waals surface area contributed by atoms with E-state index in [2.05, 4.69) is 15.5 Å². The molecule has 1 aromatic heterocycles. The Morgan fingerprint density at radius 3 is 3.00 bits per heavy atom. The van der Waals surface area contributed by atoms with Crippen LogP contribution >= 0.6 is 23.4 Å². The molecule has 0 spiro atoms. The zero-order valence-corrected chi connectivity index (χ0v) is 9.70. The molecule has 1 fully saturated rings. The predicted molar refractivity (Wildman–Crippen MR) is 63.8 cm³/mol. The van der Waals surface area contributed by atoms with Gasteiger partial charge in [-0.05, 0) is 24.3 Å². The van der Waals surface area contributed by atoms with Crippen molar-refractivity contribution >= 4 is 29.1 Å². The molecule has 15 heavy (non-hydrogen) atoms. The summed E-state index contributed by atoms with van der Waals surface area (Å²) < 4.78 is 0. The molecule has 0 aromatic carbocycles. The molecule has 0 radical (unpaired) electrons. The van der Waals surface area contributed by atoms with Crippen LogP contribution in [-0.2, 0) is 0 Å². The highest BCUT2D eigenvalue weighted by molar-refractivity contribution is 7.99. The molecule has 1 aliphatic heterocycles. The highest BCUT2D eigenvalue weighted by Crippen LogP contribution is 2.22. The van der Waals surface area contributed by atoms with E-state index >= 15 is 0 Å². The van der Waals surface area contributed by atoms with Gasteiger partial charge < -0.3 is 5.32 Å². The molecule has 1 aliphatic rings. The highest BCUT2D eigenvalue weighted by atomic mass is 35.5. The van der Waals surface area contributed by atoms with Gasteiger partial charge in [0.2, 0.25) is 0 Å². The van der Waals surface area contributed by atoms with Gasteiger partial charge in [-0.25, -0.2) is 5.10 Å². The van der Waals surface area contributed by atoms with Crippen LogP contribution in [-0.4, -0.2) is 27.7 Å². The molecule has 1 aromatic rings. The third-order valence-electron chi connectivity index (χ3n) is 2.38. The molecule has 0 bridgehead atoms. The maximum absolute atomic E-state index is 11.2. The first kappa shape index (κ1) is 10.8. The lowest BCUT2D eigenvalue weighted by Gasteiger charge is -2.23. The Bertz CT molecular complexity index is 389. The van der Waals surface area contributed by atoms with Crippen molar-refractivity contribution in [1.82, 2.24) is 10.2 Å². The largest absolute Gasteiger partial charge is 0.380 e. The fraction of sp³-hybridized carbons (Fsp3) is 0.556. The molecule has 2 N–H and O–H groups in total. The summed E-state index contributed by atoms with van der Waals surface area (Å²) >= 11 is 7.82. The topological polar surface area (TPSA) is 57.8 Å². The normalized spacial score (nSPS) is 17.7. The number of nitrogens with one attached hydrogen (secondary N) is 2. The maximum atomic E-state index is 11.2. The van der Waals surface area contributed by atoms with Crippen LogP contribution in [0, 0.1) is 0 Å². The summed E-state index contributed by atoms with van der Waals surface area (Å²) in [6.07, 6.45) is 3.77. The van der Waals surface area contributed by atoms with Crippen LogP contribution in [0.5, 0.6) is 0 Å². The van der Waals surface area contributed by atoms with Gasteiger partial charge in [0.25, 0.3) is 5.56 Å². The minimum atomic E-state index is -0.341. The van der Waals surface area contributed by atoms with Crippen LogP contribution in [0.4, 0.5) is 5.69 Å². The molecular formula is C9H12ClN3OS. The predicted octanol–water partition coefficient (Wildman–Crippen LogP) is 1.73. The van der Waals surface area contributed by atoms with Crippen molar-refractivity contribution in [2.75, 3.05) is 16.8 Å². The summed E-state index contributed by atoms with van der Waals surface area (Å²) in [6.45, 7) is 0. The van der Waals surface area contributed by atoms with Gasteiger partial charge in [0.05, 0.1) is 11.9 Å². The van der Waals surface area contributed by atoms with Crippen LogP contribution in [0.2, 0.25) is 5.02 Å². The Morgan fingerprint density at radius 2 is 2.27 bits per heavy atom. The average Bonchev–Trinajstić information content (AvgIpc) is 2.26. The number of hydrogen-bond donors (Lipinski definition) is 2. The van der Waals surface area contributed by atoms with Crippen molar-refractivity contribution in [3.05, 3.63) is 21.6 Å². The Kier molecular flexibility index (Phi) is 3.53. The van der Waals surface area contributed by atoms with Crippen molar-refractivity contribution in [1.29, 1.82) is 0 Å². The molecule has 0 aliphatic carbocycles. The fourth-order valence-electron chi connectivity index (χ4n) is 1.55. The number of nitrogens with zero attached hydrogens (tertiary/aromatic N) is 1. The lowest BCUT2D eigenvalue weighted by molar-refractivity contribution is 0.666. The van der Waals surface area contributed by atoms with E-state index in [4.69, 9.17) is 11.6 Å². The second kappa shape index (κ2) is 4.90. The summed E-state index contributed by atoms with van der Waals surface area (Å²) in [5, 5.41) is 9.48. The van der Waals surface area contributed by atoms with E-state index in [-0.39, 0.29) is 10.6 Å². The smallest absolute Gasteiger partial charge is 0.285 e. The first-order valence-electron chi connectivity index (χ1n) is 4.85. The number of halogens is 1. The number of aromatic nitrogens is 2. The lowest BCUT2D eigenvalue weighted by Crippen LogP contribution is -2.25. The van der Waals surface area contributed by atoms with Crippen LogP contribution < -0.4 is 10.9 Å². The summed E-state index contributed by atoms with van der Waals surface area (Å²) in [6, 6.07) is 0.410. The van der Waals surface area contributed by atoms with Crippen molar-refractivity contribution in [2.24, 2.45) is 0 Å². The molecule has 4 nitrogen and oxygen atoms in total. The van der Waals surface area contributed by atoms with Crippen molar-refractivity contribution in [3.8, 4) is 0 Å². The van der Waals surface area contributed by atoms with Gasteiger partial charge in [0.1, 0.15) is 5.02 Å². The molecule has 1 saturated heterocycles. The second-order valence-electron chi connectivity index (χ2n) is 3.46. The van der Waals surface area contributed by atoms with E-state index < -0.39 is 0 Å². The second-order valence-corrected chi connectivity index (χ2v) is 5.06. The average molecular weight is 246 g/mol. The van der Waals surface area contributed by atoms with Crippen LogP contribution in [0.15, 0.2) is 11.0 Å². The van der Waals surface area contributed by atoms with E-state index in [1.165, 1.54) is 0 Å². The summed E-state index contributed by atoms with van der Waals surface area (Å²) in [5.41, 5.74) is 0.296. The van der Waals surface area contributed by atoms with Crippen LogP contribution in [0.3, 0.4) is 0 Å². The molecule has 82 valence electrons. The van der Waals surface area contributed by atoms with Gasteiger partial charge in [-0.2, -0.15) is 16.9 Å². The zero-order valence-electron chi connectivity index (χ0n) is 8.12. The number of anilines is 1. The molecule has 0 saturated carbocycles. The van der Waals surface area contributed by atoms with E-state index in [1.54, 1.807) is 6.20 Å². The van der Waals surface area contributed by atoms with Crippen molar-refractivity contribution in [2.45, 2.75) is 18.9 Å². The van der Waals surface area contributed by atoms with Gasteiger partial charge in [-0.15, -0.1) is 0 Å². The van der Waals surface area contributed by atoms with Gasteiger partial charge in [0.15, 0.2) is 0 Å². The Balaban J connectivity index is 2.09. The molecule has 0 atom stereocenters. The van der Waals surface area contributed by atoms with Gasteiger partial charge in [0, 0.05) is 6.04 Å². The fourth-order valence-corrected chi connectivity index (χ4v) is 2.80. The number of thioether (sulfide) groups is 1. The van der Waals surface area contributed by atoms with E-state index in [0.717, 1.165) is 24.3 Å². The van der Waals surface area contributed by atoms with E-state index in [1.807, 2.05) is 11.8 Å². The van der Waals surface area contributed by atoms with Gasteiger partial charge in [-0.1, -0.05) is 11.6 Å². The standard InChI is InChI=1S/C9H12ClN3OS/c10-8-7(5-11-13-9(8)14)12-6-1-3-15-4-2-6/h5-6H,1-4H2,(H2,12,13,14). The molecule has 2 heterocycles. The van der Waals surface area contributed by atoms with E-state index in [9.17, 15) is 4.79 Å². The van der Waals surface area contributed by atoms with Gasteiger partial charge >= 0.3 is 0 Å². The first-order valence-corrected chi connectivity index (χ1v) is 6.38. The quantitative estimate of drug-likeness (QED) is 0.833. The summed E-state index contributed by atoms with van der Waals surface area (Å²) in [7, 11) is 0. The monoisotopic (exact) mass is 245 g/mol. The molecule has 0 amide bonds. The van der Waals surface area contributed by atoms with Crippen LogP contribution in [0.1, 0.15) is 12.8 Å². The lowest BCUT2D eigenvalue weighted by atomic mass is 10.1. The number of H-pyrrole nitrogens is 1. The van der Waals surface area contributed by atoms with E-state index in [0.29, 0.717) is 11.7 Å². The molecule has 2 rings (SSSR count). The number of rotatable bonds is 2. The van der Waals surface area contributed by atoms with Crippen molar-refractivity contribution < 1.29 is 0 Å². The van der Waals surface area contributed by atoms with Crippen LogP contribution in [0.25, 0.3) is 0 Å². The maximum Gasteiger partial charge on any atom is 0.285 e. The Hall–Kier alpha value is -0.680. The molecular weight excluding hydrogens is 234 g/mol. The highest BCUT2D eigenvalue weighted by Gasteiger charge is 2.15. The molecule has 0 unspecified atom stereocenters. The zero-order chi connectivity index (χ0) is 10.7. The minimum absolute atomic E-state index is 0.197. The number of hydrogen-bond acceptors (Lipinski definition) is 4. The summed E-state index contributed by atoms with van der Waals surface area (Å²) in [5.74, 6) is 2.32. The SMILES string of the molecule is O=c1[nH]ncc(NC2CCSCC2)c1Cl. The Morgan fingerprint density at radius 1 is 1.53 bits per heavy atom. The third-order valence-corrected chi connectivity index (χ3v) is 3.80.